The lowest BCUT2D eigenvalue weighted by Gasteiger charge is -2.25. The van der Waals surface area contributed by atoms with E-state index in [9.17, 15) is 13.6 Å². The van der Waals surface area contributed by atoms with Crippen LogP contribution in [0.2, 0.25) is 0 Å². The van der Waals surface area contributed by atoms with E-state index in [1.807, 2.05) is 30.3 Å². The van der Waals surface area contributed by atoms with Gasteiger partial charge >= 0.3 is 0 Å². The van der Waals surface area contributed by atoms with Gasteiger partial charge in [0.15, 0.2) is 6.10 Å². The molecule has 152 valence electrons. The van der Waals surface area contributed by atoms with Gasteiger partial charge in [-0.05, 0) is 35.9 Å². The SMILES string of the molecule is O=C(c1cccc(F)c1)N(Cc1ccccc1)C[C@@H]1CC(c2cccc(F)c2)=NO1. The molecule has 3 aromatic carbocycles. The lowest BCUT2D eigenvalue weighted by molar-refractivity contribution is 0.0405. The van der Waals surface area contributed by atoms with Gasteiger partial charge in [0.1, 0.15) is 11.6 Å². The first-order valence-corrected chi connectivity index (χ1v) is 9.66. The van der Waals surface area contributed by atoms with Crippen molar-refractivity contribution in [2.75, 3.05) is 6.54 Å². The normalized spacial score (nSPS) is 15.4. The molecule has 30 heavy (non-hydrogen) atoms. The number of hydrogen-bond donors (Lipinski definition) is 0. The highest BCUT2D eigenvalue weighted by Crippen LogP contribution is 2.20. The number of benzene rings is 3. The summed E-state index contributed by atoms with van der Waals surface area (Å²) in [5.74, 6) is -1.10. The van der Waals surface area contributed by atoms with Gasteiger partial charge in [0.25, 0.3) is 5.91 Å². The average Bonchev–Trinajstić information content (AvgIpc) is 3.22. The Balaban J connectivity index is 1.51. The molecule has 0 N–H and O–H groups in total. The van der Waals surface area contributed by atoms with Crippen molar-refractivity contribution in [3.63, 3.8) is 0 Å². The maximum Gasteiger partial charge on any atom is 0.254 e. The van der Waals surface area contributed by atoms with Crippen LogP contribution in [0.4, 0.5) is 8.78 Å². The fraction of sp³-hybridized carbons (Fsp3) is 0.167. The first kappa shape index (κ1) is 19.8. The van der Waals surface area contributed by atoms with E-state index in [-0.39, 0.29) is 29.9 Å². The molecular formula is C24H20F2N2O2. The van der Waals surface area contributed by atoms with Crippen LogP contribution in [0.25, 0.3) is 0 Å². The van der Waals surface area contributed by atoms with E-state index < -0.39 is 5.82 Å². The Bertz CT molecular complexity index is 1070. The Labute approximate surface area is 173 Å². The monoisotopic (exact) mass is 406 g/mol. The highest BCUT2D eigenvalue weighted by molar-refractivity contribution is 6.01. The maximum absolute atomic E-state index is 13.6. The molecule has 1 aliphatic rings. The largest absolute Gasteiger partial charge is 0.390 e. The predicted octanol–water partition coefficient (Wildman–Crippen LogP) is 4.80. The number of nitrogens with zero attached hydrogens (tertiary/aromatic N) is 2. The number of hydrogen-bond acceptors (Lipinski definition) is 3. The molecule has 3 aromatic rings. The molecule has 4 rings (SSSR count). The Hall–Kier alpha value is -3.54. The summed E-state index contributed by atoms with van der Waals surface area (Å²) in [6, 6.07) is 21.4. The summed E-state index contributed by atoms with van der Waals surface area (Å²) in [7, 11) is 0. The summed E-state index contributed by atoms with van der Waals surface area (Å²) in [5.41, 5.74) is 2.52. The number of carbonyl (C=O) groups is 1. The lowest BCUT2D eigenvalue weighted by Crippen LogP contribution is -2.37. The third-order valence-electron chi connectivity index (χ3n) is 4.89. The van der Waals surface area contributed by atoms with Gasteiger partial charge in [-0.15, -0.1) is 0 Å². The van der Waals surface area contributed by atoms with Crippen molar-refractivity contribution in [2.24, 2.45) is 5.16 Å². The van der Waals surface area contributed by atoms with E-state index >= 15 is 0 Å². The van der Waals surface area contributed by atoms with Crippen molar-refractivity contribution >= 4 is 11.6 Å². The van der Waals surface area contributed by atoms with Gasteiger partial charge in [0.05, 0.1) is 12.3 Å². The standard InChI is InChI=1S/C24H20F2N2O2/c25-20-10-4-8-18(12-20)23-14-22(30-27-23)16-28(15-17-6-2-1-3-7-17)24(29)19-9-5-11-21(26)13-19/h1-13,22H,14-16H2/t22-/m0/s1. The van der Waals surface area contributed by atoms with Crippen molar-refractivity contribution in [1.29, 1.82) is 0 Å². The van der Waals surface area contributed by atoms with E-state index in [1.165, 1.54) is 30.3 Å². The van der Waals surface area contributed by atoms with Gasteiger partial charge in [0.2, 0.25) is 0 Å². The van der Waals surface area contributed by atoms with E-state index in [2.05, 4.69) is 5.16 Å². The number of amides is 1. The molecule has 0 saturated carbocycles. The molecule has 4 nitrogen and oxygen atoms in total. The van der Waals surface area contributed by atoms with Crippen molar-refractivity contribution in [2.45, 2.75) is 19.1 Å². The Morgan fingerprint density at radius 3 is 2.43 bits per heavy atom. The fourth-order valence-corrected chi connectivity index (χ4v) is 3.44. The van der Waals surface area contributed by atoms with E-state index in [4.69, 9.17) is 4.84 Å². The smallest absolute Gasteiger partial charge is 0.254 e. The van der Waals surface area contributed by atoms with Crippen LogP contribution in [-0.4, -0.2) is 29.2 Å². The van der Waals surface area contributed by atoms with Crippen LogP contribution in [0.3, 0.4) is 0 Å². The molecule has 1 amide bonds. The zero-order valence-corrected chi connectivity index (χ0v) is 16.2. The summed E-state index contributed by atoms with van der Waals surface area (Å²) in [6.45, 7) is 0.623. The Morgan fingerprint density at radius 1 is 0.967 bits per heavy atom. The summed E-state index contributed by atoms with van der Waals surface area (Å²) in [5, 5.41) is 4.09. The number of halogens is 2. The quantitative estimate of drug-likeness (QED) is 0.590. The van der Waals surface area contributed by atoms with Gasteiger partial charge in [0, 0.05) is 24.1 Å². The second-order valence-corrected chi connectivity index (χ2v) is 7.16. The first-order chi connectivity index (χ1) is 14.6. The molecule has 1 heterocycles. The molecular weight excluding hydrogens is 386 g/mol. The van der Waals surface area contributed by atoms with Crippen LogP contribution >= 0.6 is 0 Å². The molecule has 0 bridgehead atoms. The van der Waals surface area contributed by atoms with Crippen LogP contribution in [0, 0.1) is 11.6 Å². The molecule has 6 heteroatoms. The third kappa shape index (κ3) is 4.71. The molecule has 0 spiro atoms. The highest BCUT2D eigenvalue weighted by atomic mass is 19.1. The molecule has 1 aliphatic heterocycles. The zero-order valence-electron chi connectivity index (χ0n) is 16.2. The summed E-state index contributed by atoms with van der Waals surface area (Å²) in [4.78, 5) is 20.3. The molecule has 0 radical (unpaired) electrons. The third-order valence-corrected chi connectivity index (χ3v) is 4.89. The topological polar surface area (TPSA) is 41.9 Å². The maximum atomic E-state index is 13.6. The van der Waals surface area contributed by atoms with Crippen LogP contribution in [0.15, 0.2) is 84.0 Å². The van der Waals surface area contributed by atoms with E-state index in [1.54, 1.807) is 23.1 Å². The predicted molar refractivity (Wildman–Crippen MR) is 110 cm³/mol. The van der Waals surface area contributed by atoms with Crippen LogP contribution in [-0.2, 0) is 11.4 Å². The van der Waals surface area contributed by atoms with Crippen molar-refractivity contribution in [3.8, 4) is 0 Å². The van der Waals surface area contributed by atoms with Gasteiger partial charge in [-0.3, -0.25) is 4.79 Å². The molecule has 1 atom stereocenters. The Morgan fingerprint density at radius 2 is 1.70 bits per heavy atom. The summed E-state index contributed by atoms with van der Waals surface area (Å²) in [6.07, 6.45) is 0.0787. The highest BCUT2D eigenvalue weighted by Gasteiger charge is 2.27. The second kappa shape index (κ2) is 8.86. The van der Waals surface area contributed by atoms with Crippen molar-refractivity contribution < 1.29 is 18.4 Å². The number of rotatable bonds is 6. The molecule has 0 unspecified atom stereocenters. The second-order valence-electron chi connectivity index (χ2n) is 7.16. The minimum Gasteiger partial charge on any atom is -0.390 e. The summed E-state index contributed by atoms with van der Waals surface area (Å²) < 4.78 is 27.2. The molecule has 0 saturated heterocycles. The van der Waals surface area contributed by atoms with Gasteiger partial charge < -0.3 is 9.74 Å². The lowest BCUT2D eigenvalue weighted by atomic mass is 10.0. The molecule has 0 aromatic heterocycles. The molecule has 0 fully saturated rings. The first-order valence-electron chi connectivity index (χ1n) is 9.66. The van der Waals surface area contributed by atoms with E-state index in [0.717, 1.165) is 5.56 Å². The fourth-order valence-electron chi connectivity index (χ4n) is 3.44. The zero-order chi connectivity index (χ0) is 20.9. The van der Waals surface area contributed by atoms with Gasteiger partial charge in [-0.1, -0.05) is 53.7 Å². The van der Waals surface area contributed by atoms with Gasteiger partial charge in [-0.25, -0.2) is 8.78 Å². The van der Waals surface area contributed by atoms with Gasteiger partial charge in [-0.2, -0.15) is 0 Å². The summed E-state index contributed by atoms with van der Waals surface area (Å²) >= 11 is 0. The average molecular weight is 406 g/mol. The van der Waals surface area contributed by atoms with Crippen molar-refractivity contribution in [3.05, 3.63) is 107 Å². The van der Waals surface area contributed by atoms with Crippen LogP contribution in [0.1, 0.15) is 27.9 Å². The van der Waals surface area contributed by atoms with E-state index in [0.29, 0.717) is 24.2 Å². The van der Waals surface area contributed by atoms with Crippen LogP contribution < -0.4 is 0 Å². The minimum atomic E-state index is -0.464. The van der Waals surface area contributed by atoms with Crippen LogP contribution in [0.5, 0.6) is 0 Å². The van der Waals surface area contributed by atoms with Crippen molar-refractivity contribution in [1.82, 2.24) is 4.90 Å². The molecule has 0 aliphatic carbocycles. The number of carbonyl (C=O) groups excluding carboxylic acids is 1. The number of oxime groups is 1. The Kier molecular flexibility index (Phi) is 5.84. The minimum absolute atomic E-state index is 0.270.